The monoisotopic (exact) mass is 315 g/mol. The summed E-state index contributed by atoms with van der Waals surface area (Å²) in [5, 5.41) is 14.7. The fraction of sp³-hybridized carbons (Fsp3) is 0.188. The van der Waals surface area contributed by atoms with Crippen molar-refractivity contribution >= 4 is 17.3 Å². The Bertz CT molecular complexity index is 988. The number of nitrogens with one attached hydrogen (secondary N) is 1. The molecule has 23 heavy (non-hydrogen) atoms. The maximum absolute atomic E-state index is 14.2. The minimum Gasteiger partial charge on any atom is -0.503 e. The van der Waals surface area contributed by atoms with E-state index in [1.165, 1.54) is 12.1 Å². The van der Waals surface area contributed by atoms with Crippen LogP contribution in [0.25, 0.3) is 22.3 Å². The average Bonchev–Trinajstić information content (AvgIpc) is 2.87. The molecule has 3 aromatic rings. The third kappa shape index (κ3) is 2.21. The second-order valence-electron chi connectivity index (χ2n) is 5.16. The fourth-order valence-electron chi connectivity index (χ4n) is 2.62. The van der Waals surface area contributed by atoms with Crippen LogP contribution in [0.5, 0.6) is 5.75 Å². The van der Waals surface area contributed by atoms with Gasteiger partial charge in [-0.2, -0.15) is 5.10 Å². The highest BCUT2D eigenvalue weighted by Crippen LogP contribution is 2.29. The molecule has 2 aromatic heterocycles. The number of nitrogens with zero attached hydrogens (tertiary/aromatic N) is 2. The number of rotatable bonds is 3. The fourth-order valence-corrected chi connectivity index (χ4v) is 2.62. The topological polar surface area (TPSA) is 88.0 Å². The maximum atomic E-state index is 14.2. The number of halogens is 1. The first-order valence-electron chi connectivity index (χ1n) is 7.05. The summed E-state index contributed by atoms with van der Waals surface area (Å²) in [5.74, 6) is -1.28. The highest BCUT2D eigenvalue weighted by molar-refractivity contribution is 5.85. The van der Waals surface area contributed by atoms with Crippen molar-refractivity contribution in [1.29, 1.82) is 0 Å². The predicted molar refractivity (Wildman–Crippen MR) is 83.2 cm³/mol. The molecule has 0 spiro atoms. The summed E-state index contributed by atoms with van der Waals surface area (Å²) in [6.07, 6.45) is 0.522. The van der Waals surface area contributed by atoms with Crippen molar-refractivity contribution in [2.75, 3.05) is 0 Å². The summed E-state index contributed by atoms with van der Waals surface area (Å²) in [6.45, 7) is 4.04. The number of aromatic nitrogens is 3. The number of carbonyl (C=O) groups excluding carboxylic acids is 1. The van der Waals surface area contributed by atoms with Gasteiger partial charge in [-0.3, -0.25) is 9.59 Å². The molecule has 2 N–H and O–H groups in total. The Morgan fingerprint density at radius 2 is 2.17 bits per heavy atom. The van der Waals surface area contributed by atoms with Crippen LogP contribution in [-0.4, -0.2) is 26.2 Å². The Morgan fingerprint density at radius 3 is 2.78 bits per heavy atom. The molecule has 6 nitrogen and oxygen atoms in total. The molecule has 0 amide bonds. The Kier molecular flexibility index (Phi) is 3.48. The van der Waals surface area contributed by atoms with Gasteiger partial charge in [-0.15, -0.1) is 0 Å². The molecule has 0 atom stereocenters. The minimum atomic E-state index is -0.709. The van der Waals surface area contributed by atoms with Crippen LogP contribution in [0.3, 0.4) is 0 Å². The Morgan fingerprint density at radius 1 is 1.43 bits per heavy atom. The first-order valence-corrected chi connectivity index (χ1v) is 7.05. The van der Waals surface area contributed by atoms with E-state index < -0.39 is 17.0 Å². The molecule has 0 unspecified atom stereocenters. The standard InChI is InChI=1S/C16H14FN3O3/c1-3-20-16-12(8(2)19-20)14(22)15(23)13(18-16)10-5-4-9(7-21)6-11(10)17/h4-7,23H,3H2,1-2H3,(H,18,22). The third-order valence-electron chi connectivity index (χ3n) is 3.75. The van der Waals surface area contributed by atoms with Crippen LogP contribution in [0.1, 0.15) is 23.0 Å². The van der Waals surface area contributed by atoms with Gasteiger partial charge < -0.3 is 10.1 Å². The molecule has 0 aliphatic carbocycles. The lowest BCUT2D eigenvalue weighted by molar-refractivity contribution is 0.112. The molecule has 0 aliphatic heterocycles. The number of hydrogen-bond donors (Lipinski definition) is 2. The maximum Gasteiger partial charge on any atom is 0.235 e. The van der Waals surface area contributed by atoms with Crippen LogP contribution in [0.4, 0.5) is 4.39 Å². The first kappa shape index (κ1) is 15.0. The molecule has 0 fully saturated rings. The van der Waals surface area contributed by atoms with Gasteiger partial charge in [-0.05, 0) is 26.0 Å². The van der Waals surface area contributed by atoms with Gasteiger partial charge in [0.25, 0.3) is 0 Å². The van der Waals surface area contributed by atoms with Crippen LogP contribution in [0, 0.1) is 12.7 Å². The highest BCUT2D eigenvalue weighted by Gasteiger charge is 2.20. The first-order chi connectivity index (χ1) is 11.0. The van der Waals surface area contributed by atoms with Gasteiger partial charge in [0.15, 0.2) is 5.75 Å². The molecule has 0 saturated heterocycles. The van der Waals surface area contributed by atoms with E-state index in [1.54, 1.807) is 11.6 Å². The molecule has 0 saturated carbocycles. The lowest BCUT2D eigenvalue weighted by atomic mass is 10.1. The van der Waals surface area contributed by atoms with E-state index in [-0.39, 0.29) is 22.2 Å². The molecule has 0 aliphatic rings. The number of pyridine rings is 1. The molecule has 0 radical (unpaired) electrons. The Hall–Kier alpha value is -2.96. The Balaban J connectivity index is 2.36. The number of H-pyrrole nitrogens is 1. The largest absolute Gasteiger partial charge is 0.503 e. The minimum absolute atomic E-state index is 0.00797. The van der Waals surface area contributed by atoms with Gasteiger partial charge in [-0.1, -0.05) is 6.07 Å². The van der Waals surface area contributed by atoms with Crippen LogP contribution in [0.2, 0.25) is 0 Å². The second kappa shape index (κ2) is 5.35. The summed E-state index contributed by atoms with van der Waals surface area (Å²) in [7, 11) is 0. The van der Waals surface area contributed by atoms with Crippen LogP contribution < -0.4 is 5.43 Å². The Labute approximate surface area is 130 Å². The SMILES string of the molecule is CCn1nc(C)c2c(=O)c(O)c(-c3ccc(C=O)cc3F)[nH]c21. The molecule has 118 valence electrons. The van der Waals surface area contributed by atoms with E-state index >= 15 is 0 Å². The number of benzene rings is 1. The van der Waals surface area contributed by atoms with E-state index in [2.05, 4.69) is 10.1 Å². The quantitative estimate of drug-likeness (QED) is 0.726. The van der Waals surface area contributed by atoms with Crippen molar-refractivity contribution in [3.63, 3.8) is 0 Å². The number of carbonyl (C=O) groups is 1. The zero-order valence-electron chi connectivity index (χ0n) is 12.6. The van der Waals surface area contributed by atoms with Gasteiger partial charge in [0.05, 0.1) is 16.8 Å². The van der Waals surface area contributed by atoms with Gasteiger partial charge in [0.2, 0.25) is 5.43 Å². The number of aromatic hydroxyl groups is 1. The lowest BCUT2D eigenvalue weighted by Crippen LogP contribution is -2.07. The molecular weight excluding hydrogens is 301 g/mol. The molecule has 3 rings (SSSR count). The number of hydrogen-bond acceptors (Lipinski definition) is 4. The molecular formula is C16H14FN3O3. The van der Waals surface area contributed by atoms with E-state index in [9.17, 15) is 19.1 Å². The van der Waals surface area contributed by atoms with Crippen molar-refractivity contribution in [3.05, 3.63) is 45.5 Å². The highest BCUT2D eigenvalue weighted by atomic mass is 19.1. The average molecular weight is 315 g/mol. The van der Waals surface area contributed by atoms with E-state index in [4.69, 9.17) is 0 Å². The molecule has 1 aromatic carbocycles. The normalized spacial score (nSPS) is 11.1. The summed E-state index contributed by atoms with van der Waals surface area (Å²) in [6, 6.07) is 3.80. The summed E-state index contributed by atoms with van der Waals surface area (Å²) in [4.78, 5) is 26.0. The van der Waals surface area contributed by atoms with Crippen molar-refractivity contribution in [3.8, 4) is 17.0 Å². The van der Waals surface area contributed by atoms with E-state index in [1.807, 2.05) is 6.92 Å². The van der Waals surface area contributed by atoms with Gasteiger partial charge in [0, 0.05) is 17.7 Å². The number of aromatic amines is 1. The van der Waals surface area contributed by atoms with E-state index in [0.29, 0.717) is 24.2 Å². The number of aryl methyl sites for hydroxylation is 2. The van der Waals surface area contributed by atoms with Gasteiger partial charge in [0.1, 0.15) is 17.8 Å². The van der Waals surface area contributed by atoms with Gasteiger partial charge >= 0.3 is 0 Å². The van der Waals surface area contributed by atoms with Crippen LogP contribution in [0.15, 0.2) is 23.0 Å². The molecule has 0 bridgehead atoms. The summed E-state index contributed by atoms with van der Waals surface area (Å²) >= 11 is 0. The van der Waals surface area contributed by atoms with Crippen molar-refractivity contribution in [2.24, 2.45) is 0 Å². The van der Waals surface area contributed by atoms with Crippen molar-refractivity contribution < 1.29 is 14.3 Å². The third-order valence-corrected chi connectivity index (χ3v) is 3.75. The number of aldehydes is 1. The zero-order chi connectivity index (χ0) is 16.7. The lowest BCUT2D eigenvalue weighted by Gasteiger charge is -2.08. The van der Waals surface area contributed by atoms with Gasteiger partial charge in [-0.25, -0.2) is 9.07 Å². The summed E-state index contributed by atoms with van der Waals surface area (Å²) in [5.41, 5.74) is 0.442. The van der Waals surface area contributed by atoms with Crippen molar-refractivity contribution in [2.45, 2.75) is 20.4 Å². The zero-order valence-corrected chi connectivity index (χ0v) is 12.6. The molecule has 2 heterocycles. The molecule has 7 heteroatoms. The van der Waals surface area contributed by atoms with Crippen LogP contribution in [-0.2, 0) is 6.54 Å². The number of fused-ring (bicyclic) bond motifs is 1. The van der Waals surface area contributed by atoms with E-state index in [0.717, 1.165) is 6.07 Å². The smallest absolute Gasteiger partial charge is 0.235 e. The van der Waals surface area contributed by atoms with Crippen LogP contribution >= 0.6 is 0 Å². The summed E-state index contributed by atoms with van der Waals surface area (Å²) < 4.78 is 15.8. The predicted octanol–water partition coefficient (Wildman–Crippen LogP) is 2.38. The second-order valence-corrected chi connectivity index (χ2v) is 5.16. The van der Waals surface area contributed by atoms with Crippen molar-refractivity contribution in [1.82, 2.24) is 14.8 Å².